The molecule has 0 radical (unpaired) electrons. The van der Waals surface area contributed by atoms with Gasteiger partial charge in [-0.25, -0.2) is 4.98 Å². The average molecular weight is 265 g/mol. The highest BCUT2D eigenvalue weighted by molar-refractivity contribution is 5.94. The van der Waals surface area contributed by atoms with Gasteiger partial charge in [-0.05, 0) is 18.6 Å². The summed E-state index contributed by atoms with van der Waals surface area (Å²) in [5.74, 6) is 0.778. The normalized spacial score (nSPS) is 11.2. The van der Waals surface area contributed by atoms with Crippen molar-refractivity contribution in [2.75, 3.05) is 30.9 Å². The van der Waals surface area contributed by atoms with E-state index >= 15 is 0 Å². The van der Waals surface area contributed by atoms with Crippen LogP contribution in [0.3, 0.4) is 0 Å². The van der Waals surface area contributed by atoms with E-state index < -0.39 is 5.41 Å². The molecule has 0 unspecified atom stereocenters. The topological polar surface area (TPSA) is 63.2 Å². The van der Waals surface area contributed by atoms with E-state index in [0.29, 0.717) is 5.69 Å². The van der Waals surface area contributed by atoms with E-state index in [0.717, 1.165) is 25.4 Å². The second-order valence-corrected chi connectivity index (χ2v) is 5.41. The summed E-state index contributed by atoms with van der Waals surface area (Å²) in [5, 5.41) is 6.02. The Kier molecular flexibility index (Phi) is 5.76. The molecule has 5 heteroatoms. The van der Waals surface area contributed by atoms with Gasteiger partial charge in [-0.2, -0.15) is 0 Å². The van der Waals surface area contributed by atoms with Crippen LogP contribution in [0.25, 0.3) is 0 Å². The van der Waals surface area contributed by atoms with Gasteiger partial charge in [-0.3, -0.25) is 4.79 Å². The van der Waals surface area contributed by atoms with E-state index in [1.54, 1.807) is 13.3 Å². The molecule has 1 heterocycles. The number of ether oxygens (including phenoxy) is 1. The first-order valence-corrected chi connectivity index (χ1v) is 6.44. The lowest BCUT2D eigenvalue weighted by molar-refractivity contribution is -0.123. The Labute approximate surface area is 114 Å². The Morgan fingerprint density at radius 1 is 1.37 bits per heavy atom. The largest absolute Gasteiger partial charge is 0.385 e. The zero-order valence-electron chi connectivity index (χ0n) is 12.1. The van der Waals surface area contributed by atoms with Crippen molar-refractivity contribution in [1.29, 1.82) is 0 Å². The van der Waals surface area contributed by atoms with Crippen LogP contribution in [0.1, 0.15) is 27.2 Å². The summed E-state index contributed by atoms with van der Waals surface area (Å²) in [6, 6.07) is 3.69. The van der Waals surface area contributed by atoms with E-state index in [2.05, 4.69) is 15.6 Å². The van der Waals surface area contributed by atoms with Crippen LogP contribution in [0.15, 0.2) is 18.3 Å². The van der Waals surface area contributed by atoms with Crippen LogP contribution >= 0.6 is 0 Å². The van der Waals surface area contributed by atoms with Crippen LogP contribution in [-0.4, -0.2) is 31.2 Å². The predicted molar refractivity (Wildman–Crippen MR) is 77.3 cm³/mol. The summed E-state index contributed by atoms with van der Waals surface area (Å²) >= 11 is 0. The van der Waals surface area contributed by atoms with Gasteiger partial charge in [0.1, 0.15) is 5.82 Å². The molecule has 0 spiro atoms. The Hall–Kier alpha value is -1.62. The van der Waals surface area contributed by atoms with Gasteiger partial charge in [0.2, 0.25) is 5.91 Å². The third kappa shape index (κ3) is 5.70. The van der Waals surface area contributed by atoms with Crippen molar-refractivity contribution in [2.24, 2.45) is 5.41 Å². The fraction of sp³-hybridized carbons (Fsp3) is 0.571. The standard InChI is InChI=1S/C14H23N3O2/c1-14(2,3)13(18)17-11-6-7-12(16-10-11)15-8-5-9-19-4/h6-7,10H,5,8-9H2,1-4H3,(H,15,16)(H,17,18). The molecule has 1 aromatic heterocycles. The van der Waals surface area contributed by atoms with E-state index in [-0.39, 0.29) is 5.91 Å². The molecule has 19 heavy (non-hydrogen) atoms. The molecule has 0 aliphatic rings. The fourth-order valence-electron chi connectivity index (χ4n) is 1.32. The number of methoxy groups -OCH3 is 1. The second kappa shape index (κ2) is 7.09. The maximum atomic E-state index is 11.8. The van der Waals surface area contributed by atoms with Gasteiger partial charge >= 0.3 is 0 Å². The molecule has 5 nitrogen and oxygen atoms in total. The molecular formula is C14H23N3O2. The minimum Gasteiger partial charge on any atom is -0.385 e. The van der Waals surface area contributed by atoms with Crippen LogP contribution in [0.5, 0.6) is 0 Å². The lowest BCUT2D eigenvalue weighted by atomic mass is 9.96. The molecule has 0 bridgehead atoms. The quantitative estimate of drug-likeness (QED) is 0.776. The number of nitrogens with one attached hydrogen (secondary N) is 2. The number of amides is 1. The summed E-state index contributed by atoms with van der Waals surface area (Å²) < 4.78 is 4.97. The minimum atomic E-state index is -0.406. The van der Waals surface area contributed by atoms with Gasteiger partial charge < -0.3 is 15.4 Å². The number of carbonyl (C=O) groups is 1. The average Bonchev–Trinajstić information content (AvgIpc) is 2.35. The smallest absolute Gasteiger partial charge is 0.229 e. The molecule has 1 rings (SSSR count). The zero-order chi connectivity index (χ0) is 14.3. The maximum absolute atomic E-state index is 11.8. The van der Waals surface area contributed by atoms with Gasteiger partial charge in [-0.15, -0.1) is 0 Å². The summed E-state index contributed by atoms with van der Waals surface area (Å²) in [5.41, 5.74) is 0.305. The number of aromatic nitrogens is 1. The third-order valence-corrected chi connectivity index (χ3v) is 2.53. The fourth-order valence-corrected chi connectivity index (χ4v) is 1.32. The number of anilines is 2. The Morgan fingerprint density at radius 3 is 2.63 bits per heavy atom. The van der Waals surface area contributed by atoms with E-state index in [1.807, 2.05) is 32.9 Å². The van der Waals surface area contributed by atoms with Crippen molar-refractivity contribution in [3.8, 4) is 0 Å². The van der Waals surface area contributed by atoms with Crippen molar-refractivity contribution in [1.82, 2.24) is 4.98 Å². The molecule has 106 valence electrons. The molecular weight excluding hydrogens is 242 g/mol. The number of hydrogen-bond donors (Lipinski definition) is 2. The lowest BCUT2D eigenvalue weighted by Crippen LogP contribution is -2.27. The van der Waals surface area contributed by atoms with Crippen LogP contribution in [-0.2, 0) is 9.53 Å². The molecule has 0 aromatic carbocycles. The zero-order valence-corrected chi connectivity index (χ0v) is 12.1. The lowest BCUT2D eigenvalue weighted by Gasteiger charge is -2.17. The van der Waals surface area contributed by atoms with Crippen molar-refractivity contribution in [2.45, 2.75) is 27.2 Å². The van der Waals surface area contributed by atoms with Crippen LogP contribution in [0.4, 0.5) is 11.5 Å². The van der Waals surface area contributed by atoms with E-state index in [1.165, 1.54) is 0 Å². The van der Waals surface area contributed by atoms with Crippen LogP contribution < -0.4 is 10.6 Å². The minimum absolute atomic E-state index is 0.0184. The first-order valence-electron chi connectivity index (χ1n) is 6.44. The monoisotopic (exact) mass is 265 g/mol. The predicted octanol–water partition coefficient (Wildman–Crippen LogP) is 2.51. The van der Waals surface area contributed by atoms with Crippen molar-refractivity contribution in [3.63, 3.8) is 0 Å². The van der Waals surface area contributed by atoms with Crippen LogP contribution in [0, 0.1) is 5.41 Å². The molecule has 0 atom stereocenters. The van der Waals surface area contributed by atoms with Crippen molar-refractivity contribution in [3.05, 3.63) is 18.3 Å². The van der Waals surface area contributed by atoms with E-state index in [4.69, 9.17) is 4.74 Å². The van der Waals surface area contributed by atoms with Gasteiger partial charge in [0.15, 0.2) is 0 Å². The van der Waals surface area contributed by atoms with Gasteiger partial charge in [0.05, 0.1) is 11.9 Å². The summed E-state index contributed by atoms with van der Waals surface area (Å²) in [6.07, 6.45) is 2.59. The second-order valence-electron chi connectivity index (χ2n) is 5.41. The molecule has 1 amide bonds. The highest BCUT2D eigenvalue weighted by Crippen LogP contribution is 2.17. The van der Waals surface area contributed by atoms with Crippen molar-refractivity contribution < 1.29 is 9.53 Å². The highest BCUT2D eigenvalue weighted by Gasteiger charge is 2.21. The molecule has 0 aliphatic carbocycles. The number of rotatable bonds is 6. The maximum Gasteiger partial charge on any atom is 0.229 e. The highest BCUT2D eigenvalue weighted by atomic mass is 16.5. The first kappa shape index (κ1) is 15.4. The summed E-state index contributed by atoms with van der Waals surface area (Å²) in [4.78, 5) is 16.0. The Morgan fingerprint density at radius 2 is 2.11 bits per heavy atom. The van der Waals surface area contributed by atoms with Gasteiger partial charge in [-0.1, -0.05) is 20.8 Å². The molecule has 1 aromatic rings. The summed E-state index contributed by atoms with van der Waals surface area (Å²) in [6.45, 7) is 7.17. The Balaban J connectivity index is 2.45. The van der Waals surface area contributed by atoms with E-state index in [9.17, 15) is 4.79 Å². The van der Waals surface area contributed by atoms with Crippen molar-refractivity contribution >= 4 is 17.4 Å². The third-order valence-electron chi connectivity index (χ3n) is 2.53. The number of carbonyl (C=O) groups excluding carboxylic acids is 1. The van der Waals surface area contributed by atoms with Gasteiger partial charge in [0, 0.05) is 25.7 Å². The molecule has 0 saturated heterocycles. The molecule has 0 saturated carbocycles. The summed E-state index contributed by atoms with van der Waals surface area (Å²) in [7, 11) is 1.69. The number of pyridine rings is 1. The van der Waals surface area contributed by atoms with Gasteiger partial charge in [0.25, 0.3) is 0 Å². The number of nitrogens with zero attached hydrogens (tertiary/aromatic N) is 1. The number of hydrogen-bond acceptors (Lipinski definition) is 4. The first-order chi connectivity index (χ1) is 8.93. The SMILES string of the molecule is COCCCNc1ccc(NC(=O)C(C)(C)C)cn1. The Bertz CT molecular complexity index is 396. The van der Waals surface area contributed by atoms with Crippen LogP contribution in [0.2, 0.25) is 0 Å². The molecule has 2 N–H and O–H groups in total. The molecule has 0 fully saturated rings. The molecule has 0 aliphatic heterocycles.